The van der Waals surface area contributed by atoms with Crippen molar-refractivity contribution in [2.24, 2.45) is 0 Å². The first kappa shape index (κ1) is 25.8. The van der Waals surface area contributed by atoms with E-state index in [1.807, 2.05) is 22.6 Å². The molecule has 3 aromatic rings. The van der Waals surface area contributed by atoms with E-state index in [-0.39, 0.29) is 23.4 Å². The standard InChI is InChI=1S/C25H20FIN2O6/c1-34-24(32)21(29-25(33)35-14-15-7-3-2-4-8-15)23(31)28-20-12-11-16(27)13-18(20)22(30)17-9-5-6-10-19(17)26/h2-13,21H,14H2,1H3,(H,28,31)(H,29,33). The Morgan fingerprint density at radius 3 is 2.31 bits per heavy atom. The van der Waals surface area contributed by atoms with Gasteiger partial charge < -0.3 is 14.8 Å². The molecule has 0 spiro atoms. The molecule has 0 radical (unpaired) electrons. The summed E-state index contributed by atoms with van der Waals surface area (Å²) in [5.74, 6) is -3.41. The summed E-state index contributed by atoms with van der Waals surface area (Å²) in [7, 11) is 1.05. The number of ketones is 1. The molecule has 0 saturated heterocycles. The van der Waals surface area contributed by atoms with Crippen LogP contribution in [0.4, 0.5) is 14.9 Å². The summed E-state index contributed by atoms with van der Waals surface area (Å²) in [5, 5.41) is 4.61. The summed E-state index contributed by atoms with van der Waals surface area (Å²) < 4.78 is 24.6. The number of amides is 2. The molecule has 0 aliphatic carbocycles. The van der Waals surface area contributed by atoms with Gasteiger partial charge in [0.25, 0.3) is 5.91 Å². The largest absolute Gasteiger partial charge is 0.467 e. The topological polar surface area (TPSA) is 111 Å². The van der Waals surface area contributed by atoms with Gasteiger partial charge in [0.2, 0.25) is 6.04 Å². The molecule has 0 aliphatic rings. The van der Waals surface area contributed by atoms with Crippen molar-refractivity contribution in [2.45, 2.75) is 12.6 Å². The van der Waals surface area contributed by atoms with Gasteiger partial charge in [-0.15, -0.1) is 0 Å². The van der Waals surface area contributed by atoms with E-state index >= 15 is 0 Å². The van der Waals surface area contributed by atoms with E-state index in [2.05, 4.69) is 15.4 Å². The number of hydrogen-bond acceptors (Lipinski definition) is 6. The number of halogens is 2. The van der Waals surface area contributed by atoms with E-state index in [4.69, 9.17) is 4.74 Å². The average Bonchev–Trinajstić information content (AvgIpc) is 2.87. The zero-order valence-electron chi connectivity index (χ0n) is 18.4. The van der Waals surface area contributed by atoms with Crippen LogP contribution in [0.2, 0.25) is 0 Å². The second-order valence-electron chi connectivity index (χ2n) is 7.15. The van der Waals surface area contributed by atoms with Gasteiger partial charge in [-0.25, -0.2) is 14.0 Å². The molecular formula is C25H20FIN2O6. The molecule has 0 aliphatic heterocycles. The smallest absolute Gasteiger partial charge is 0.408 e. The number of anilines is 1. The summed E-state index contributed by atoms with van der Waals surface area (Å²) in [6.45, 7) is -0.0827. The van der Waals surface area contributed by atoms with Crippen molar-refractivity contribution in [1.82, 2.24) is 5.32 Å². The molecule has 2 amide bonds. The lowest BCUT2D eigenvalue weighted by molar-refractivity contribution is -0.145. The quantitative estimate of drug-likeness (QED) is 0.177. The molecule has 35 heavy (non-hydrogen) atoms. The maximum absolute atomic E-state index is 14.2. The Labute approximate surface area is 214 Å². The summed E-state index contributed by atoms with van der Waals surface area (Å²) in [6.07, 6.45) is -1.02. The summed E-state index contributed by atoms with van der Waals surface area (Å²) in [5.41, 5.74) is 0.552. The molecular weight excluding hydrogens is 570 g/mol. The van der Waals surface area contributed by atoms with Crippen molar-refractivity contribution >= 4 is 52.0 Å². The molecule has 0 fully saturated rings. The zero-order valence-corrected chi connectivity index (χ0v) is 20.6. The van der Waals surface area contributed by atoms with Crippen LogP contribution in [0, 0.1) is 9.39 Å². The van der Waals surface area contributed by atoms with Crippen molar-refractivity contribution in [1.29, 1.82) is 0 Å². The van der Waals surface area contributed by atoms with Gasteiger partial charge in [-0.05, 0) is 58.5 Å². The predicted octanol–water partition coefficient (Wildman–Crippen LogP) is 4.07. The number of esters is 1. The van der Waals surface area contributed by atoms with Crippen molar-refractivity contribution in [2.75, 3.05) is 12.4 Å². The number of alkyl carbamates (subject to hydrolysis) is 1. The SMILES string of the molecule is COC(=O)C(NC(=O)OCc1ccccc1)C(=O)Nc1ccc(I)cc1C(=O)c1ccccc1F. The number of benzene rings is 3. The molecule has 1 unspecified atom stereocenters. The van der Waals surface area contributed by atoms with Crippen molar-refractivity contribution in [3.63, 3.8) is 0 Å². The van der Waals surface area contributed by atoms with Crippen molar-refractivity contribution in [3.8, 4) is 0 Å². The minimum absolute atomic E-state index is 0.00520. The Hall–Kier alpha value is -3.80. The van der Waals surface area contributed by atoms with E-state index in [0.29, 0.717) is 9.13 Å². The van der Waals surface area contributed by atoms with E-state index in [0.717, 1.165) is 13.2 Å². The van der Waals surface area contributed by atoms with E-state index in [1.54, 1.807) is 36.4 Å². The van der Waals surface area contributed by atoms with Crippen LogP contribution in [0.25, 0.3) is 0 Å². The third-order valence-electron chi connectivity index (χ3n) is 4.78. The van der Waals surface area contributed by atoms with Crippen molar-refractivity contribution < 1.29 is 33.0 Å². The highest BCUT2D eigenvalue weighted by Gasteiger charge is 2.31. The van der Waals surface area contributed by atoms with Crippen LogP contribution in [-0.4, -0.2) is 36.9 Å². The van der Waals surface area contributed by atoms with Crippen LogP contribution < -0.4 is 10.6 Å². The molecule has 0 aromatic heterocycles. The molecule has 8 nitrogen and oxygen atoms in total. The number of hydrogen-bond donors (Lipinski definition) is 2. The van der Waals surface area contributed by atoms with Crippen LogP contribution in [0.15, 0.2) is 72.8 Å². The first-order chi connectivity index (χ1) is 16.8. The van der Waals surface area contributed by atoms with Crippen LogP contribution in [0.5, 0.6) is 0 Å². The van der Waals surface area contributed by atoms with Gasteiger partial charge in [-0.1, -0.05) is 42.5 Å². The molecule has 3 aromatic carbocycles. The number of nitrogens with one attached hydrogen (secondary N) is 2. The molecule has 2 N–H and O–H groups in total. The van der Waals surface area contributed by atoms with Crippen molar-refractivity contribution in [3.05, 3.63) is 98.9 Å². The molecule has 10 heteroatoms. The maximum Gasteiger partial charge on any atom is 0.408 e. The second kappa shape index (κ2) is 12.1. The minimum atomic E-state index is -1.76. The van der Waals surface area contributed by atoms with Gasteiger partial charge in [0.15, 0.2) is 5.78 Å². The van der Waals surface area contributed by atoms with Crippen LogP contribution in [-0.2, 0) is 25.7 Å². The molecule has 3 rings (SSSR count). The van der Waals surface area contributed by atoms with Crippen LogP contribution in [0.3, 0.4) is 0 Å². The summed E-state index contributed by atoms with van der Waals surface area (Å²) in [4.78, 5) is 50.4. The average molecular weight is 590 g/mol. The normalized spacial score (nSPS) is 11.2. The fourth-order valence-corrected chi connectivity index (χ4v) is 3.53. The fraction of sp³-hybridized carbons (Fsp3) is 0.120. The summed E-state index contributed by atoms with van der Waals surface area (Å²) in [6, 6.07) is 17.0. The number of carbonyl (C=O) groups is 4. The Kier molecular flexibility index (Phi) is 8.90. The molecule has 0 bridgehead atoms. The fourth-order valence-electron chi connectivity index (χ4n) is 3.04. The first-order valence-electron chi connectivity index (χ1n) is 10.2. The van der Waals surface area contributed by atoms with Gasteiger partial charge in [-0.2, -0.15) is 0 Å². The van der Waals surface area contributed by atoms with Gasteiger partial charge in [-0.3, -0.25) is 14.9 Å². The zero-order chi connectivity index (χ0) is 25.4. The monoisotopic (exact) mass is 590 g/mol. The molecule has 0 saturated carbocycles. The number of carbonyl (C=O) groups excluding carboxylic acids is 4. The lowest BCUT2D eigenvalue weighted by Crippen LogP contribution is -2.49. The Bertz CT molecular complexity index is 1250. The van der Waals surface area contributed by atoms with Gasteiger partial charge in [0.05, 0.1) is 18.4 Å². The number of rotatable bonds is 8. The van der Waals surface area contributed by atoms with Crippen LogP contribution in [0.1, 0.15) is 21.5 Å². The number of ether oxygens (including phenoxy) is 2. The minimum Gasteiger partial charge on any atom is -0.467 e. The second-order valence-corrected chi connectivity index (χ2v) is 8.40. The number of methoxy groups -OCH3 is 1. The van der Waals surface area contributed by atoms with E-state index in [9.17, 15) is 23.6 Å². The van der Waals surface area contributed by atoms with Gasteiger partial charge in [0, 0.05) is 9.13 Å². The molecule has 1 atom stereocenters. The predicted molar refractivity (Wildman–Crippen MR) is 133 cm³/mol. The lowest BCUT2D eigenvalue weighted by Gasteiger charge is -2.18. The third kappa shape index (κ3) is 6.85. The highest BCUT2D eigenvalue weighted by molar-refractivity contribution is 14.1. The Morgan fingerprint density at radius 1 is 0.943 bits per heavy atom. The molecule has 0 heterocycles. The van der Waals surface area contributed by atoms with Crippen LogP contribution >= 0.6 is 22.6 Å². The van der Waals surface area contributed by atoms with E-state index < -0.39 is 35.6 Å². The first-order valence-corrected chi connectivity index (χ1v) is 11.3. The maximum atomic E-state index is 14.2. The van der Waals surface area contributed by atoms with Gasteiger partial charge in [0.1, 0.15) is 12.4 Å². The lowest BCUT2D eigenvalue weighted by atomic mass is 10.0. The Balaban J connectivity index is 1.79. The summed E-state index contributed by atoms with van der Waals surface area (Å²) >= 11 is 1.97. The Morgan fingerprint density at radius 2 is 1.63 bits per heavy atom. The highest BCUT2D eigenvalue weighted by Crippen LogP contribution is 2.24. The molecule has 180 valence electrons. The highest BCUT2D eigenvalue weighted by atomic mass is 127. The van der Waals surface area contributed by atoms with Gasteiger partial charge >= 0.3 is 12.1 Å². The third-order valence-corrected chi connectivity index (χ3v) is 5.45. The van der Waals surface area contributed by atoms with E-state index in [1.165, 1.54) is 30.3 Å².